The van der Waals surface area contributed by atoms with Crippen molar-refractivity contribution in [1.29, 1.82) is 0 Å². The van der Waals surface area contributed by atoms with Crippen molar-refractivity contribution in [1.82, 2.24) is 19.4 Å². The van der Waals surface area contributed by atoms with Gasteiger partial charge in [-0.3, -0.25) is 19.1 Å². The zero-order valence-corrected chi connectivity index (χ0v) is 18.6. The maximum absolute atomic E-state index is 13.0. The molecule has 158 valence electrons. The number of aromatic nitrogens is 2. The van der Waals surface area contributed by atoms with Crippen LogP contribution < -0.4 is 5.56 Å². The minimum Gasteiger partial charge on any atom is -0.339 e. The van der Waals surface area contributed by atoms with Crippen LogP contribution in [0.2, 0.25) is 0 Å². The molecule has 0 saturated carbocycles. The molecule has 1 aliphatic rings. The van der Waals surface area contributed by atoms with E-state index in [-0.39, 0.29) is 18.0 Å². The van der Waals surface area contributed by atoms with E-state index in [1.165, 1.54) is 27.1 Å². The number of fused-ring (bicyclic) bond motifs is 1. The molecule has 1 fully saturated rings. The van der Waals surface area contributed by atoms with Crippen molar-refractivity contribution < 1.29 is 4.79 Å². The van der Waals surface area contributed by atoms with E-state index in [2.05, 4.69) is 27.4 Å². The first-order chi connectivity index (χ1) is 15.2. The lowest BCUT2D eigenvalue weighted by Gasteiger charge is -2.34. The third-order valence-electron chi connectivity index (χ3n) is 5.57. The van der Waals surface area contributed by atoms with Gasteiger partial charge in [-0.2, -0.15) is 0 Å². The van der Waals surface area contributed by atoms with Gasteiger partial charge in [-0.1, -0.05) is 36.4 Å². The van der Waals surface area contributed by atoms with Gasteiger partial charge in [0, 0.05) is 42.5 Å². The summed E-state index contributed by atoms with van der Waals surface area (Å²) in [6.45, 7) is 4.03. The number of piperazine rings is 1. The number of amides is 1. The monoisotopic (exact) mass is 450 g/mol. The van der Waals surface area contributed by atoms with Gasteiger partial charge in [0.15, 0.2) is 0 Å². The van der Waals surface area contributed by atoms with Gasteiger partial charge in [-0.25, -0.2) is 4.98 Å². The van der Waals surface area contributed by atoms with E-state index >= 15 is 0 Å². The third-order valence-corrected chi connectivity index (χ3v) is 7.52. The molecule has 0 aliphatic carbocycles. The van der Waals surface area contributed by atoms with E-state index in [4.69, 9.17) is 0 Å². The average molecular weight is 451 g/mol. The summed E-state index contributed by atoms with van der Waals surface area (Å²) in [5.74, 6) is -0.0301. The molecule has 0 bridgehead atoms. The lowest BCUT2D eigenvalue weighted by atomic mass is 10.2. The Morgan fingerprint density at radius 2 is 1.84 bits per heavy atom. The molecule has 4 aromatic rings. The van der Waals surface area contributed by atoms with Gasteiger partial charge < -0.3 is 4.90 Å². The second-order valence-electron chi connectivity index (χ2n) is 7.61. The van der Waals surface area contributed by atoms with E-state index < -0.39 is 0 Å². The molecule has 6 nitrogen and oxygen atoms in total. The van der Waals surface area contributed by atoms with Crippen LogP contribution in [0.3, 0.4) is 0 Å². The predicted molar refractivity (Wildman–Crippen MR) is 125 cm³/mol. The SMILES string of the molecule is O=C(Cn1cnc2sc(-c3ccccc3)cc2c1=O)N1CCN(Cc2cccs2)CC1. The van der Waals surface area contributed by atoms with Gasteiger partial charge in [0.2, 0.25) is 5.91 Å². The lowest BCUT2D eigenvalue weighted by Crippen LogP contribution is -2.49. The van der Waals surface area contributed by atoms with Crippen LogP contribution in [0.5, 0.6) is 0 Å². The van der Waals surface area contributed by atoms with Crippen molar-refractivity contribution in [3.05, 3.63) is 75.5 Å². The third kappa shape index (κ3) is 4.32. The predicted octanol–water partition coefficient (Wildman–Crippen LogP) is 3.53. The van der Waals surface area contributed by atoms with E-state index in [0.717, 1.165) is 30.1 Å². The fraction of sp³-hybridized carbons (Fsp3) is 0.261. The number of hydrogen-bond acceptors (Lipinski definition) is 6. The summed E-state index contributed by atoms with van der Waals surface area (Å²) in [7, 11) is 0. The second kappa shape index (κ2) is 8.74. The standard InChI is InChI=1S/C23H22N4O2S2/c28-21(26-10-8-25(9-11-26)14-18-7-4-12-30-18)15-27-16-24-22-19(23(27)29)13-20(31-22)17-5-2-1-3-6-17/h1-7,12-13,16H,8-11,14-15H2. The number of carbonyl (C=O) groups is 1. The van der Waals surface area contributed by atoms with Gasteiger partial charge >= 0.3 is 0 Å². The Morgan fingerprint density at radius 3 is 2.58 bits per heavy atom. The molecule has 5 rings (SSSR count). The van der Waals surface area contributed by atoms with Crippen LogP contribution in [0, 0.1) is 0 Å². The highest BCUT2D eigenvalue weighted by molar-refractivity contribution is 7.21. The largest absolute Gasteiger partial charge is 0.339 e. The molecule has 0 N–H and O–H groups in total. The maximum Gasteiger partial charge on any atom is 0.262 e. The van der Waals surface area contributed by atoms with Gasteiger partial charge in [0.05, 0.1) is 11.7 Å². The molecular weight excluding hydrogens is 428 g/mol. The summed E-state index contributed by atoms with van der Waals surface area (Å²) in [6, 6.07) is 16.1. The smallest absolute Gasteiger partial charge is 0.262 e. The average Bonchev–Trinajstić information content (AvgIpc) is 3.47. The minimum atomic E-state index is -0.159. The van der Waals surface area contributed by atoms with Gasteiger partial charge in [0.1, 0.15) is 11.4 Å². The van der Waals surface area contributed by atoms with Crippen molar-refractivity contribution in [2.24, 2.45) is 0 Å². The molecule has 0 atom stereocenters. The quantitative estimate of drug-likeness (QED) is 0.467. The Kier molecular flexibility index (Phi) is 5.67. The number of hydrogen-bond donors (Lipinski definition) is 0. The summed E-state index contributed by atoms with van der Waals surface area (Å²) in [4.78, 5) is 37.5. The van der Waals surface area contributed by atoms with Gasteiger partial charge in [-0.05, 0) is 23.1 Å². The van der Waals surface area contributed by atoms with Crippen molar-refractivity contribution in [2.45, 2.75) is 13.1 Å². The van der Waals surface area contributed by atoms with Crippen LogP contribution in [-0.2, 0) is 17.9 Å². The van der Waals surface area contributed by atoms with Crippen LogP contribution in [-0.4, -0.2) is 51.4 Å². The Hall–Kier alpha value is -2.81. The number of thiophene rings is 2. The van der Waals surface area contributed by atoms with Crippen molar-refractivity contribution in [2.75, 3.05) is 26.2 Å². The number of rotatable bonds is 5. The highest BCUT2D eigenvalue weighted by Crippen LogP contribution is 2.30. The highest BCUT2D eigenvalue weighted by Gasteiger charge is 2.22. The molecule has 1 aromatic carbocycles. The van der Waals surface area contributed by atoms with Gasteiger partial charge in [0.25, 0.3) is 5.56 Å². The number of carbonyl (C=O) groups excluding carboxylic acids is 1. The molecule has 0 unspecified atom stereocenters. The molecule has 1 amide bonds. The summed E-state index contributed by atoms with van der Waals surface area (Å²) in [5.41, 5.74) is 0.904. The molecule has 8 heteroatoms. The number of nitrogens with zero attached hydrogens (tertiary/aromatic N) is 4. The first-order valence-corrected chi connectivity index (χ1v) is 11.9. The Balaban J connectivity index is 1.26. The number of benzene rings is 1. The zero-order chi connectivity index (χ0) is 21.2. The first kappa shape index (κ1) is 20.1. The normalized spacial score (nSPS) is 14.9. The van der Waals surface area contributed by atoms with Crippen LogP contribution in [0.15, 0.2) is 65.0 Å². The maximum atomic E-state index is 13.0. The highest BCUT2D eigenvalue weighted by atomic mass is 32.1. The molecule has 31 heavy (non-hydrogen) atoms. The minimum absolute atomic E-state index is 0.0301. The fourth-order valence-electron chi connectivity index (χ4n) is 3.84. The first-order valence-electron chi connectivity index (χ1n) is 10.2. The zero-order valence-electron chi connectivity index (χ0n) is 16.9. The van der Waals surface area contributed by atoms with E-state index in [1.807, 2.05) is 41.3 Å². The molecule has 4 heterocycles. The van der Waals surface area contributed by atoms with Gasteiger partial charge in [-0.15, -0.1) is 22.7 Å². The van der Waals surface area contributed by atoms with Crippen molar-refractivity contribution in [3.63, 3.8) is 0 Å². The Bertz CT molecular complexity index is 1240. The summed E-state index contributed by atoms with van der Waals surface area (Å²) < 4.78 is 1.43. The van der Waals surface area contributed by atoms with E-state index in [0.29, 0.717) is 23.3 Å². The second-order valence-corrected chi connectivity index (χ2v) is 9.67. The molecule has 3 aromatic heterocycles. The lowest BCUT2D eigenvalue weighted by molar-refractivity contribution is -0.133. The Morgan fingerprint density at radius 1 is 1.03 bits per heavy atom. The van der Waals surface area contributed by atoms with Crippen molar-refractivity contribution in [3.8, 4) is 10.4 Å². The van der Waals surface area contributed by atoms with Crippen LogP contribution in [0.25, 0.3) is 20.7 Å². The van der Waals surface area contributed by atoms with Crippen LogP contribution in [0.4, 0.5) is 0 Å². The van der Waals surface area contributed by atoms with Crippen molar-refractivity contribution >= 4 is 38.8 Å². The van der Waals surface area contributed by atoms with E-state index in [1.54, 1.807) is 11.3 Å². The molecule has 0 spiro atoms. The van der Waals surface area contributed by atoms with E-state index in [9.17, 15) is 9.59 Å². The summed E-state index contributed by atoms with van der Waals surface area (Å²) >= 11 is 3.26. The topological polar surface area (TPSA) is 58.4 Å². The Labute approximate surface area is 188 Å². The summed E-state index contributed by atoms with van der Waals surface area (Å²) in [5, 5.41) is 2.66. The molecular formula is C23H22N4O2S2. The molecule has 1 aliphatic heterocycles. The molecule has 1 saturated heterocycles. The fourth-order valence-corrected chi connectivity index (χ4v) is 5.58. The summed E-state index contributed by atoms with van der Waals surface area (Å²) in [6.07, 6.45) is 1.50. The molecule has 0 radical (unpaired) electrons. The van der Waals surface area contributed by atoms with Crippen LogP contribution in [0.1, 0.15) is 4.88 Å². The van der Waals surface area contributed by atoms with Crippen LogP contribution >= 0.6 is 22.7 Å².